The Labute approximate surface area is 88.5 Å². The van der Waals surface area contributed by atoms with Crippen LogP contribution in [0.5, 0.6) is 0 Å². The molecule has 0 bridgehead atoms. The Morgan fingerprint density at radius 1 is 1.71 bits per heavy atom. The smallest absolute Gasteiger partial charge is 0.182 e. The highest BCUT2D eigenvalue weighted by Crippen LogP contribution is 2.13. The topological polar surface area (TPSA) is 60.2 Å². The number of nitrogens with one attached hydrogen (secondary N) is 1. The third-order valence-corrected chi connectivity index (χ3v) is 2.71. The first-order chi connectivity index (χ1) is 6.72. The van der Waals surface area contributed by atoms with Crippen molar-refractivity contribution in [1.29, 1.82) is 0 Å². The number of aromatic nitrogens is 1. The summed E-state index contributed by atoms with van der Waals surface area (Å²) in [5, 5.41) is 6.22. The van der Waals surface area contributed by atoms with Crippen molar-refractivity contribution >= 4 is 16.5 Å². The summed E-state index contributed by atoms with van der Waals surface area (Å²) in [6, 6.07) is 0.105. The van der Waals surface area contributed by atoms with Crippen LogP contribution in [0.2, 0.25) is 0 Å². The maximum Gasteiger partial charge on any atom is 0.182 e. The molecule has 0 spiro atoms. The van der Waals surface area contributed by atoms with E-state index in [1.807, 2.05) is 12.3 Å². The first kappa shape index (κ1) is 11.4. The zero-order valence-electron chi connectivity index (χ0n) is 8.62. The van der Waals surface area contributed by atoms with Gasteiger partial charge in [-0.15, -0.1) is 11.3 Å². The lowest BCUT2D eigenvalue weighted by molar-refractivity contribution is 0.178. The number of methoxy groups -OCH3 is 1. The van der Waals surface area contributed by atoms with Gasteiger partial charge in [-0.2, -0.15) is 0 Å². The molecule has 1 aromatic rings. The predicted molar refractivity (Wildman–Crippen MR) is 59.8 cm³/mol. The molecule has 1 atom stereocenters. The molecule has 1 unspecified atom stereocenters. The second kappa shape index (κ2) is 5.95. The van der Waals surface area contributed by atoms with Crippen molar-refractivity contribution in [3.8, 4) is 0 Å². The second-order valence-corrected chi connectivity index (χ2v) is 4.08. The number of hydrogen-bond acceptors (Lipinski definition) is 5. The lowest BCUT2D eigenvalue weighted by atomic mass is 10.2. The first-order valence-electron chi connectivity index (χ1n) is 4.63. The van der Waals surface area contributed by atoms with Crippen LogP contribution >= 0.6 is 11.3 Å². The van der Waals surface area contributed by atoms with E-state index in [1.54, 1.807) is 18.4 Å². The highest BCUT2D eigenvalue weighted by molar-refractivity contribution is 7.13. The number of hydrogen-bond donors (Lipinski definition) is 2. The van der Waals surface area contributed by atoms with Gasteiger partial charge in [-0.05, 0) is 13.3 Å². The molecule has 0 aliphatic rings. The van der Waals surface area contributed by atoms with Crippen molar-refractivity contribution in [3.05, 3.63) is 11.1 Å². The molecule has 1 heterocycles. The average molecular weight is 215 g/mol. The lowest BCUT2D eigenvalue weighted by Gasteiger charge is -2.09. The van der Waals surface area contributed by atoms with Gasteiger partial charge in [0.25, 0.3) is 0 Å². The number of rotatable bonds is 6. The van der Waals surface area contributed by atoms with E-state index in [4.69, 9.17) is 10.5 Å². The van der Waals surface area contributed by atoms with Gasteiger partial charge >= 0.3 is 0 Å². The van der Waals surface area contributed by atoms with Crippen LogP contribution in [0, 0.1) is 6.92 Å². The number of anilines is 1. The molecule has 14 heavy (non-hydrogen) atoms. The summed E-state index contributed by atoms with van der Waals surface area (Å²) in [6.07, 6.45) is 0.895. The van der Waals surface area contributed by atoms with E-state index in [1.165, 1.54) is 0 Å². The van der Waals surface area contributed by atoms with Crippen LogP contribution in [0.1, 0.15) is 12.1 Å². The summed E-state index contributed by atoms with van der Waals surface area (Å²) in [5.41, 5.74) is 6.83. The van der Waals surface area contributed by atoms with Crippen LogP contribution in [0.15, 0.2) is 5.38 Å². The number of ether oxygens (including phenoxy) is 1. The van der Waals surface area contributed by atoms with Crippen LogP contribution in [0.4, 0.5) is 5.13 Å². The van der Waals surface area contributed by atoms with Crippen molar-refractivity contribution < 1.29 is 4.74 Å². The third kappa shape index (κ3) is 4.04. The van der Waals surface area contributed by atoms with E-state index in [9.17, 15) is 0 Å². The minimum absolute atomic E-state index is 0.105. The summed E-state index contributed by atoms with van der Waals surface area (Å²) >= 11 is 1.62. The van der Waals surface area contributed by atoms with Gasteiger partial charge < -0.3 is 15.8 Å². The van der Waals surface area contributed by atoms with Gasteiger partial charge in [0.1, 0.15) is 0 Å². The Bertz CT molecular complexity index is 264. The summed E-state index contributed by atoms with van der Waals surface area (Å²) in [7, 11) is 1.66. The summed E-state index contributed by atoms with van der Waals surface area (Å²) in [6.45, 7) is 3.44. The SMILES string of the molecule is COCC(N)CCNc1nc(C)cs1. The fourth-order valence-electron chi connectivity index (χ4n) is 1.10. The zero-order valence-corrected chi connectivity index (χ0v) is 9.43. The van der Waals surface area contributed by atoms with Crippen molar-refractivity contribution in [2.45, 2.75) is 19.4 Å². The standard InChI is InChI=1S/C9H17N3OS/c1-7-6-14-9(12-7)11-4-3-8(10)5-13-2/h6,8H,3-5,10H2,1-2H3,(H,11,12). The summed E-state index contributed by atoms with van der Waals surface area (Å²) < 4.78 is 4.94. The second-order valence-electron chi connectivity index (χ2n) is 3.22. The fraction of sp³-hybridized carbons (Fsp3) is 0.667. The van der Waals surface area contributed by atoms with Crippen LogP contribution in [0.25, 0.3) is 0 Å². The fourth-order valence-corrected chi connectivity index (χ4v) is 1.81. The molecule has 80 valence electrons. The van der Waals surface area contributed by atoms with Gasteiger partial charge in [0.2, 0.25) is 0 Å². The van der Waals surface area contributed by atoms with Crippen LogP contribution in [-0.4, -0.2) is 31.3 Å². The molecule has 0 aromatic carbocycles. The maximum absolute atomic E-state index is 5.77. The Balaban J connectivity index is 2.15. The molecule has 0 aliphatic carbocycles. The minimum atomic E-state index is 0.105. The molecule has 0 aliphatic heterocycles. The highest BCUT2D eigenvalue weighted by atomic mass is 32.1. The normalized spacial score (nSPS) is 12.8. The molecule has 1 aromatic heterocycles. The Morgan fingerprint density at radius 3 is 3.07 bits per heavy atom. The molecular weight excluding hydrogens is 198 g/mol. The van der Waals surface area contributed by atoms with Gasteiger partial charge in [0.15, 0.2) is 5.13 Å². The van der Waals surface area contributed by atoms with Crippen molar-refractivity contribution in [3.63, 3.8) is 0 Å². The van der Waals surface area contributed by atoms with Crippen molar-refractivity contribution in [2.24, 2.45) is 5.73 Å². The Kier molecular flexibility index (Phi) is 4.86. The average Bonchev–Trinajstić information content (AvgIpc) is 2.52. The van der Waals surface area contributed by atoms with Crippen LogP contribution < -0.4 is 11.1 Å². The van der Waals surface area contributed by atoms with Gasteiger partial charge in [0.05, 0.1) is 12.3 Å². The zero-order chi connectivity index (χ0) is 10.4. The molecule has 0 fully saturated rings. The van der Waals surface area contributed by atoms with E-state index in [2.05, 4.69) is 10.3 Å². The van der Waals surface area contributed by atoms with Gasteiger partial charge in [0, 0.05) is 25.1 Å². The van der Waals surface area contributed by atoms with Crippen molar-refractivity contribution in [1.82, 2.24) is 4.98 Å². The molecule has 0 amide bonds. The summed E-state index contributed by atoms with van der Waals surface area (Å²) in [5.74, 6) is 0. The number of nitrogens with zero attached hydrogens (tertiary/aromatic N) is 1. The van der Waals surface area contributed by atoms with E-state index in [-0.39, 0.29) is 6.04 Å². The molecule has 0 radical (unpaired) electrons. The number of thiazole rings is 1. The highest BCUT2D eigenvalue weighted by Gasteiger charge is 2.02. The maximum atomic E-state index is 5.77. The predicted octanol–water partition coefficient (Wildman–Crippen LogP) is 1.23. The summed E-state index contributed by atoms with van der Waals surface area (Å²) in [4.78, 5) is 4.29. The Morgan fingerprint density at radius 2 is 2.50 bits per heavy atom. The van der Waals surface area contributed by atoms with Crippen LogP contribution in [-0.2, 0) is 4.74 Å². The molecule has 0 saturated carbocycles. The van der Waals surface area contributed by atoms with E-state index < -0.39 is 0 Å². The first-order valence-corrected chi connectivity index (χ1v) is 5.51. The monoisotopic (exact) mass is 215 g/mol. The van der Waals surface area contributed by atoms with Gasteiger partial charge in [-0.25, -0.2) is 4.98 Å². The quantitative estimate of drug-likeness (QED) is 0.749. The molecule has 3 N–H and O–H groups in total. The molecule has 4 nitrogen and oxygen atoms in total. The van der Waals surface area contributed by atoms with Crippen LogP contribution in [0.3, 0.4) is 0 Å². The largest absolute Gasteiger partial charge is 0.383 e. The van der Waals surface area contributed by atoms with E-state index in [0.29, 0.717) is 6.61 Å². The van der Waals surface area contributed by atoms with E-state index in [0.717, 1.165) is 23.8 Å². The minimum Gasteiger partial charge on any atom is -0.383 e. The van der Waals surface area contributed by atoms with Gasteiger partial charge in [-0.1, -0.05) is 0 Å². The third-order valence-electron chi connectivity index (χ3n) is 1.79. The van der Waals surface area contributed by atoms with Crippen molar-refractivity contribution in [2.75, 3.05) is 25.6 Å². The lowest BCUT2D eigenvalue weighted by Crippen LogP contribution is -2.28. The molecule has 0 saturated heterocycles. The molecule has 1 rings (SSSR count). The molecule has 5 heteroatoms. The molecular formula is C9H17N3OS. The van der Waals surface area contributed by atoms with E-state index >= 15 is 0 Å². The van der Waals surface area contributed by atoms with Gasteiger partial charge in [-0.3, -0.25) is 0 Å². The number of aryl methyl sites for hydroxylation is 1. The number of nitrogens with two attached hydrogens (primary N) is 1. The Hall–Kier alpha value is -0.650.